The number of para-hydroxylation sites is 1. The maximum atomic E-state index is 13.2. The minimum Gasteiger partial charge on any atom is -0.335 e. The molecule has 1 aliphatic heterocycles. The Hall–Kier alpha value is -3.24. The van der Waals surface area contributed by atoms with E-state index in [2.05, 4.69) is 5.32 Å². The molecule has 0 saturated carbocycles. The molecule has 1 heterocycles. The molecule has 31 heavy (non-hydrogen) atoms. The SMILES string of the molecule is O=C(Nc1ccccc1C(F)(F)F)N1CCN(C(=O)c2ccccc2C(F)(F)F)CC1. The average Bonchev–Trinajstić information content (AvgIpc) is 2.72. The highest BCUT2D eigenvalue weighted by atomic mass is 19.4. The Labute approximate surface area is 173 Å². The van der Waals surface area contributed by atoms with Gasteiger partial charge in [0.25, 0.3) is 5.91 Å². The molecule has 1 fully saturated rings. The van der Waals surface area contributed by atoms with Crippen LogP contribution < -0.4 is 5.32 Å². The Morgan fingerprint density at radius 3 is 1.77 bits per heavy atom. The van der Waals surface area contributed by atoms with Crippen molar-refractivity contribution in [2.24, 2.45) is 0 Å². The topological polar surface area (TPSA) is 52.7 Å². The molecule has 1 N–H and O–H groups in total. The van der Waals surface area contributed by atoms with Gasteiger partial charge in [-0.25, -0.2) is 4.79 Å². The second-order valence-electron chi connectivity index (χ2n) is 6.80. The van der Waals surface area contributed by atoms with Gasteiger partial charge in [-0.05, 0) is 24.3 Å². The number of nitrogens with one attached hydrogen (secondary N) is 1. The van der Waals surface area contributed by atoms with Crippen LogP contribution >= 0.6 is 0 Å². The van der Waals surface area contributed by atoms with Crippen molar-refractivity contribution in [1.82, 2.24) is 9.80 Å². The van der Waals surface area contributed by atoms with Crippen molar-refractivity contribution in [3.05, 3.63) is 65.2 Å². The van der Waals surface area contributed by atoms with Crippen molar-refractivity contribution >= 4 is 17.6 Å². The van der Waals surface area contributed by atoms with Crippen LogP contribution in [0.2, 0.25) is 0 Å². The van der Waals surface area contributed by atoms with Gasteiger partial charge in [-0.3, -0.25) is 4.79 Å². The predicted molar refractivity (Wildman–Crippen MR) is 99.4 cm³/mol. The number of carbonyl (C=O) groups is 2. The van der Waals surface area contributed by atoms with Gasteiger partial charge >= 0.3 is 18.4 Å². The van der Waals surface area contributed by atoms with Crippen LogP contribution in [-0.4, -0.2) is 47.9 Å². The molecule has 2 aromatic carbocycles. The van der Waals surface area contributed by atoms with E-state index in [1.54, 1.807) is 0 Å². The molecule has 0 atom stereocenters. The number of hydrogen-bond donors (Lipinski definition) is 1. The molecule has 0 aliphatic carbocycles. The molecule has 2 aromatic rings. The summed E-state index contributed by atoms with van der Waals surface area (Å²) >= 11 is 0. The number of hydrogen-bond acceptors (Lipinski definition) is 2. The van der Waals surface area contributed by atoms with Crippen LogP contribution in [0.1, 0.15) is 21.5 Å². The first-order chi connectivity index (χ1) is 14.5. The largest absolute Gasteiger partial charge is 0.418 e. The van der Waals surface area contributed by atoms with E-state index >= 15 is 0 Å². The number of nitrogens with zero attached hydrogens (tertiary/aromatic N) is 2. The zero-order valence-electron chi connectivity index (χ0n) is 15.9. The van der Waals surface area contributed by atoms with E-state index in [1.807, 2.05) is 0 Å². The van der Waals surface area contributed by atoms with Crippen LogP contribution in [0.5, 0.6) is 0 Å². The second-order valence-corrected chi connectivity index (χ2v) is 6.80. The lowest BCUT2D eigenvalue weighted by molar-refractivity contribution is -0.138. The summed E-state index contributed by atoms with van der Waals surface area (Å²) in [6.07, 6.45) is -9.35. The Bertz CT molecular complexity index is 966. The van der Waals surface area contributed by atoms with E-state index in [0.29, 0.717) is 0 Å². The van der Waals surface area contributed by atoms with Crippen LogP contribution in [-0.2, 0) is 12.4 Å². The van der Waals surface area contributed by atoms with Gasteiger partial charge in [0.1, 0.15) is 0 Å². The first-order valence-corrected chi connectivity index (χ1v) is 9.16. The molecule has 1 saturated heterocycles. The molecular formula is C20H17F6N3O2. The van der Waals surface area contributed by atoms with Gasteiger partial charge in [0.05, 0.1) is 22.4 Å². The fourth-order valence-electron chi connectivity index (χ4n) is 3.23. The zero-order valence-corrected chi connectivity index (χ0v) is 15.9. The van der Waals surface area contributed by atoms with Gasteiger partial charge in [-0.2, -0.15) is 26.3 Å². The van der Waals surface area contributed by atoms with Crippen molar-refractivity contribution in [2.45, 2.75) is 12.4 Å². The molecule has 11 heteroatoms. The molecule has 0 bridgehead atoms. The molecule has 3 amide bonds. The summed E-state index contributed by atoms with van der Waals surface area (Å²) in [5, 5.41) is 2.21. The van der Waals surface area contributed by atoms with Crippen LogP contribution in [0.4, 0.5) is 36.8 Å². The Balaban J connectivity index is 1.66. The third-order valence-electron chi connectivity index (χ3n) is 4.79. The monoisotopic (exact) mass is 445 g/mol. The minimum absolute atomic E-state index is 0.0417. The highest BCUT2D eigenvalue weighted by Crippen LogP contribution is 2.35. The standard InChI is InChI=1S/C20H17F6N3O2/c21-19(22,23)14-6-2-1-5-13(14)17(30)28-9-11-29(12-10-28)18(31)27-16-8-4-3-7-15(16)20(24,25)26/h1-8H,9-12H2,(H,27,31). The van der Waals surface area contributed by atoms with Gasteiger partial charge in [0, 0.05) is 26.2 Å². The Morgan fingerprint density at radius 1 is 0.710 bits per heavy atom. The van der Waals surface area contributed by atoms with Gasteiger partial charge in [0.15, 0.2) is 0 Å². The number of benzene rings is 2. The first-order valence-electron chi connectivity index (χ1n) is 9.16. The number of piperazine rings is 1. The fourth-order valence-corrected chi connectivity index (χ4v) is 3.23. The van der Waals surface area contributed by atoms with Gasteiger partial charge in [0.2, 0.25) is 0 Å². The van der Waals surface area contributed by atoms with E-state index in [4.69, 9.17) is 0 Å². The van der Waals surface area contributed by atoms with E-state index in [9.17, 15) is 35.9 Å². The zero-order chi connectivity index (χ0) is 22.8. The minimum atomic E-state index is -4.69. The molecular weight excluding hydrogens is 428 g/mol. The first kappa shape index (κ1) is 22.4. The Kier molecular flexibility index (Phi) is 6.14. The van der Waals surface area contributed by atoms with Crippen LogP contribution in [0.25, 0.3) is 0 Å². The predicted octanol–water partition coefficient (Wildman–Crippen LogP) is 4.71. The Morgan fingerprint density at radius 2 is 1.19 bits per heavy atom. The summed E-state index contributed by atoms with van der Waals surface area (Å²) in [6, 6.07) is 8.11. The average molecular weight is 445 g/mol. The second kappa shape index (κ2) is 8.48. The molecule has 0 unspecified atom stereocenters. The summed E-state index contributed by atoms with van der Waals surface area (Å²) < 4.78 is 78.7. The van der Waals surface area contributed by atoms with E-state index in [1.165, 1.54) is 34.1 Å². The van der Waals surface area contributed by atoms with Crippen molar-refractivity contribution < 1.29 is 35.9 Å². The van der Waals surface area contributed by atoms with Gasteiger partial charge < -0.3 is 15.1 Å². The highest BCUT2D eigenvalue weighted by Gasteiger charge is 2.37. The molecule has 0 aromatic heterocycles. The summed E-state index contributed by atoms with van der Waals surface area (Å²) in [5.74, 6) is -0.824. The third kappa shape index (κ3) is 5.09. The van der Waals surface area contributed by atoms with Crippen molar-refractivity contribution in [3.8, 4) is 0 Å². The smallest absolute Gasteiger partial charge is 0.335 e. The third-order valence-corrected chi connectivity index (χ3v) is 4.79. The summed E-state index contributed by atoms with van der Waals surface area (Å²) in [7, 11) is 0. The maximum Gasteiger partial charge on any atom is 0.418 e. The van der Waals surface area contributed by atoms with E-state index in [-0.39, 0.29) is 26.2 Å². The number of amides is 3. The number of urea groups is 1. The maximum absolute atomic E-state index is 13.2. The van der Waals surface area contributed by atoms with Crippen molar-refractivity contribution in [1.29, 1.82) is 0 Å². The molecule has 0 radical (unpaired) electrons. The fraction of sp³-hybridized carbons (Fsp3) is 0.300. The number of rotatable bonds is 2. The number of anilines is 1. The van der Waals surface area contributed by atoms with Crippen LogP contribution in [0.3, 0.4) is 0 Å². The van der Waals surface area contributed by atoms with Gasteiger partial charge in [-0.1, -0.05) is 24.3 Å². The normalized spacial score (nSPS) is 15.0. The van der Waals surface area contributed by atoms with Crippen LogP contribution in [0, 0.1) is 0 Å². The molecule has 5 nitrogen and oxygen atoms in total. The lowest BCUT2D eigenvalue weighted by Gasteiger charge is -2.35. The summed E-state index contributed by atoms with van der Waals surface area (Å²) in [6.45, 7) is -0.196. The van der Waals surface area contributed by atoms with E-state index in [0.717, 1.165) is 24.3 Å². The molecule has 0 spiro atoms. The highest BCUT2D eigenvalue weighted by molar-refractivity contribution is 5.96. The number of halogens is 6. The van der Waals surface area contributed by atoms with Crippen LogP contribution in [0.15, 0.2) is 48.5 Å². The van der Waals surface area contributed by atoms with Gasteiger partial charge in [-0.15, -0.1) is 0 Å². The van der Waals surface area contributed by atoms with Crippen molar-refractivity contribution in [3.63, 3.8) is 0 Å². The lowest BCUT2D eigenvalue weighted by Crippen LogP contribution is -2.52. The van der Waals surface area contributed by atoms with E-state index < -0.39 is 46.7 Å². The molecule has 166 valence electrons. The van der Waals surface area contributed by atoms with Crippen molar-refractivity contribution in [2.75, 3.05) is 31.5 Å². The summed E-state index contributed by atoms with van der Waals surface area (Å²) in [5.41, 5.74) is -2.95. The molecule has 3 rings (SSSR count). The number of carbonyl (C=O) groups excluding carboxylic acids is 2. The summed E-state index contributed by atoms with van der Waals surface area (Å²) in [4.78, 5) is 27.3. The molecule has 1 aliphatic rings. The number of alkyl halides is 6. The lowest BCUT2D eigenvalue weighted by atomic mass is 10.1. The quantitative estimate of drug-likeness (QED) is 0.681.